The molecule has 0 aromatic heterocycles. The van der Waals surface area contributed by atoms with Crippen LogP contribution in [0.3, 0.4) is 0 Å². The zero-order chi connectivity index (χ0) is 18.0. The van der Waals surface area contributed by atoms with Crippen LogP contribution in [-0.4, -0.2) is 47.7 Å². The average molecular weight is 379 g/mol. The largest absolute Gasteiger partial charge is 0.466 e. The van der Waals surface area contributed by atoms with Crippen molar-refractivity contribution in [3.63, 3.8) is 0 Å². The molecule has 0 aliphatic rings. The van der Waals surface area contributed by atoms with E-state index in [1.54, 1.807) is 11.8 Å². The predicted octanol–water partition coefficient (Wildman–Crippen LogP) is 4.70. The van der Waals surface area contributed by atoms with E-state index in [4.69, 9.17) is 9.47 Å². The van der Waals surface area contributed by atoms with Crippen molar-refractivity contribution >= 4 is 35.5 Å². The molecule has 0 bridgehead atoms. The van der Waals surface area contributed by atoms with Gasteiger partial charge in [-0.2, -0.15) is 11.8 Å². The van der Waals surface area contributed by atoms with Crippen LogP contribution in [0.25, 0.3) is 0 Å². The van der Waals surface area contributed by atoms with Gasteiger partial charge in [-0.05, 0) is 45.1 Å². The first kappa shape index (κ1) is 23.6. The van der Waals surface area contributed by atoms with Crippen molar-refractivity contribution in [1.82, 2.24) is 0 Å². The molecule has 0 aliphatic heterocycles. The Labute approximate surface area is 156 Å². The number of hydrogen-bond donors (Lipinski definition) is 0. The Hall–Kier alpha value is -0.360. The number of ether oxygens (including phenoxy) is 2. The normalized spacial score (nSPS) is 12.0. The molecule has 6 heteroatoms. The van der Waals surface area contributed by atoms with Gasteiger partial charge in [0.25, 0.3) is 0 Å². The lowest BCUT2D eigenvalue weighted by atomic mass is 10.1. The molecule has 142 valence electrons. The van der Waals surface area contributed by atoms with Gasteiger partial charge in [-0.1, -0.05) is 25.7 Å². The second-order valence-corrected chi connectivity index (χ2v) is 8.23. The topological polar surface area (TPSA) is 52.6 Å². The van der Waals surface area contributed by atoms with Crippen LogP contribution in [0.1, 0.15) is 65.7 Å². The summed E-state index contributed by atoms with van der Waals surface area (Å²) in [6, 6.07) is 0. The highest BCUT2D eigenvalue weighted by atomic mass is 32.2. The predicted molar refractivity (Wildman–Crippen MR) is 105 cm³/mol. The lowest BCUT2D eigenvalue weighted by molar-refractivity contribution is -0.143. The fraction of sp³-hybridized carbons (Fsp3) is 0.889. The molecule has 0 heterocycles. The van der Waals surface area contributed by atoms with Gasteiger partial charge in [0.15, 0.2) is 0 Å². The molecule has 0 radical (unpaired) electrons. The minimum Gasteiger partial charge on any atom is -0.466 e. The van der Waals surface area contributed by atoms with Crippen molar-refractivity contribution < 1.29 is 19.1 Å². The molecule has 1 unspecified atom stereocenters. The molecule has 0 aliphatic carbocycles. The van der Waals surface area contributed by atoms with E-state index in [1.165, 1.54) is 38.5 Å². The summed E-state index contributed by atoms with van der Waals surface area (Å²) in [7, 11) is 0. The van der Waals surface area contributed by atoms with Crippen molar-refractivity contribution in [2.45, 2.75) is 71.0 Å². The third-order valence-corrected chi connectivity index (χ3v) is 5.71. The number of rotatable bonds is 16. The lowest BCUT2D eigenvalue weighted by Gasteiger charge is -2.09. The molecular formula is C18H34O4S2. The van der Waals surface area contributed by atoms with E-state index >= 15 is 0 Å². The smallest absolute Gasteiger partial charge is 0.318 e. The summed E-state index contributed by atoms with van der Waals surface area (Å²) in [6.07, 6.45) is 7.96. The quantitative estimate of drug-likeness (QED) is 0.287. The minimum atomic E-state index is -0.0945. The molecule has 0 rings (SSSR count). The Bertz CT molecular complexity index is 324. The number of carbonyl (C=O) groups excluding carboxylic acids is 2. The van der Waals surface area contributed by atoms with Crippen LogP contribution in [-0.2, 0) is 19.1 Å². The molecule has 0 aromatic carbocycles. The number of hydrogen-bond acceptors (Lipinski definition) is 6. The molecule has 24 heavy (non-hydrogen) atoms. The van der Waals surface area contributed by atoms with Gasteiger partial charge in [0, 0.05) is 5.75 Å². The summed E-state index contributed by atoms with van der Waals surface area (Å²) < 4.78 is 9.89. The van der Waals surface area contributed by atoms with Crippen LogP contribution in [0, 0.1) is 0 Å². The number of esters is 2. The molecule has 0 amide bonds. The first-order chi connectivity index (χ1) is 11.6. The zero-order valence-electron chi connectivity index (χ0n) is 15.5. The molecule has 0 N–H and O–H groups in total. The number of carbonyl (C=O) groups is 2. The van der Waals surface area contributed by atoms with E-state index < -0.39 is 0 Å². The Morgan fingerprint density at radius 2 is 1.42 bits per heavy atom. The Kier molecular flexibility index (Phi) is 17.2. The van der Waals surface area contributed by atoms with Crippen molar-refractivity contribution in [3.05, 3.63) is 0 Å². The Morgan fingerprint density at radius 3 is 2.04 bits per heavy atom. The maximum atomic E-state index is 11.5. The zero-order valence-corrected chi connectivity index (χ0v) is 17.1. The highest BCUT2D eigenvalue weighted by Gasteiger charge is 2.13. The van der Waals surface area contributed by atoms with E-state index in [2.05, 4.69) is 0 Å². The second kappa shape index (κ2) is 17.5. The van der Waals surface area contributed by atoms with Gasteiger partial charge in [0.2, 0.25) is 0 Å². The monoisotopic (exact) mass is 378 g/mol. The molecule has 0 aromatic rings. The van der Waals surface area contributed by atoms with Crippen LogP contribution in [0.4, 0.5) is 0 Å². The van der Waals surface area contributed by atoms with E-state index in [1.807, 2.05) is 32.5 Å². The van der Waals surface area contributed by atoms with Crippen molar-refractivity contribution in [2.75, 3.05) is 30.5 Å². The SMILES string of the molecule is CCOC(=O)CCSCCCCCCCCSC(C)C(=O)OCC. The van der Waals surface area contributed by atoms with Gasteiger partial charge >= 0.3 is 11.9 Å². The molecule has 0 saturated heterocycles. The van der Waals surface area contributed by atoms with Crippen LogP contribution < -0.4 is 0 Å². The summed E-state index contributed by atoms with van der Waals surface area (Å²) in [5.41, 5.74) is 0. The summed E-state index contributed by atoms with van der Waals surface area (Å²) in [5, 5.41) is -0.0448. The third-order valence-electron chi connectivity index (χ3n) is 3.43. The van der Waals surface area contributed by atoms with E-state index in [-0.39, 0.29) is 17.2 Å². The fourth-order valence-corrected chi connectivity index (χ4v) is 3.94. The first-order valence-corrected chi connectivity index (χ1v) is 11.3. The van der Waals surface area contributed by atoms with Crippen molar-refractivity contribution in [2.24, 2.45) is 0 Å². The molecule has 0 spiro atoms. The Morgan fingerprint density at radius 1 is 0.833 bits per heavy atom. The Balaban J connectivity index is 3.23. The third kappa shape index (κ3) is 15.2. The average Bonchev–Trinajstić information content (AvgIpc) is 2.56. The molecule has 0 fully saturated rings. The van der Waals surface area contributed by atoms with Gasteiger partial charge in [-0.15, -0.1) is 11.8 Å². The maximum absolute atomic E-state index is 11.5. The van der Waals surface area contributed by atoms with Gasteiger partial charge in [-0.25, -0.2) is 0 Å². The van der Waals surface area contributed by atoms with Gasteiger partial charge in [-0.3, -0.25) is 9.59 Å². The van der Waals surface area contributed by atoms with Crippen molar-refractivity contribution in [3.8, 4) is 0 Å². The van der Waals surface area contributed by atoms with E-state index in [0.717, 1.165) is 17.3 Å². The molecule has 4 nitrogen and oxygen atoms in total. The van der Waals surface area contributed by atoms with Crippen molar-refractivity contribution in [1.29, 1.82) is 0 Å². The second-order valence-electron chi connectivity index (χ2n) is 5.55. The van der Waals surface area contributed by atoms with Crippen LogP contribution in [0.15, 0.2) is 0 Å². The molecule has 0 saturated carbocycles. The summed E-state index contributed by atoms with van der Waals surface area (Å²) in [6.45, 7) is 6.54. The summed E-state index contributed by atoms with van der Waals surface area (Å²) >= 11 is 3.53. The standard InChI is InChI=1S/C18H34O4S2/c1-4-21-17(19)12-15-23-13-10-8-6-7-9-11-14-24-16(3)18(20)22-5-2/h16H,4-15H2,1-3H3. The highest BCUT2D eigenvalue weighted by molar-refractivity contribution is 8.00. The first-order valence-electron chi connectivity index (χ1n) is 9.13. The van der Waals surface area contributed by atoms with Crippen LogP contribution in [0.5, 0.6) is 0 Å². The summed E-state index contributed by atoms with van der Waals surface area (Å²) in [4.78, 5) is 22.6. The van der Waals surface area contributed by atoms with Crippen LogP contribution >= 0.6 is 23.5 Å². The van der Waals surface area contributed by atoms with E-state index in [0.29, 0.717) is 19.6 Å². The summed E-state index contributed by atoms with van der Waals surface area (Å²) in [5.74, 6) is 2.85. The lowest BCUT2D eigenvalue weighted by Crippen LogP contribution is -2.17. The molecule has 1 atom stereocenters. The van der Waals surface area contributed by atoms with Crippen LogP contribution in [0.2, 0.25) is 0 Å². The maximum Gasteiger partial charge on any atom is 0.318 e. The van der Waals surface area contributed by atoms with E-state index in [9.17, 15) is 9.59 Å². The highest BCUT2D eigenvalue weighted by Crippen LogP contribution is 2.16. The number of thioether (sulfide) groups is 2. The molecular weight excluding hydrogens is 344 g/mol. The fourth-order valence-electron chi connectivity index (χ4n) is 2.09. The van der Waals surface area contributed by atoms with Gasteiger partial charge in [0.05, 0.1) is 24.9 Å². The van der Waals surface area contributed by atoms with Gasteiger partial charge in [0.1, 0.15) is 0 Å². The van der Waals surface area contributed by atoms with Gasteiger partial charge < -0.3 is 9.47 Å². The minimum absolute atomic E-state index is 0.0448. The number of unbranched alkanes of at least 4 members (excludes halogenated alkanes) is 5.